The maximum absolute atomic E-state index is 13.5. The fraction of sp³-hybridized carbons (Fsp3) is 0.875. The highest BCUT2D eigenvalue weighted by Crippen LogP contribution is 2.62. The normalized spacial score (nSPS) is 17.7. The third-order valence-corrected chi connectivity index (χ3v) is 2.72. The van der Waals surface area contributed by atoms with E-state index in [1.807, 2.05) is 0 Å². The first-order chi connectivity index (χ1) is 11.0. The predicted octanol–water partition coefficient (Wildman–Crippen LogP) is 4.79. The minimum atomic E-state index is -8.50. The Balaban J connectivity index is 6.96. The lowest BCUT2D eigenvalue weighted by atomic mass is 9.83. The molecule has 0 amide bonds. The predicted molar refractivity (Wildman–Crippen MR) is 42.9 cm³/mol. The van der Waals surface area contributed by atoms with Gasteiger partial charge in [0.1, 0.15) is 0 Å². The van der Waals surface area contributed by atoms with Crippen LogP contribution in [0.5, 0.6) is 0 Å². The number of halogens is 16. The molecule has 0 N–H and O–H groups in total. The summed E-state index contributed by atoms with van der Waals surface area (Å²) in [6.07, 6.45) is -15.5. The van der Waals surface area contributed by atoms with Crippen LogP contribution < -0.4 is 0 Å². The van der Waals surface area contributed by atoms with Gasteiger partial charge in [0.15, 0.2) is 0 Å². The van der Waals surface area contributed by atoms with Gasteiger partial charge in [0.25, 0.3) is 0 Å². The molecule has 0 bridgehead atoms. The van der Waals surface area contributed by atoms with E-state index >= 15 is 0 Å². The molecule has 0 aromatic heterocycles. The number of hydrogen-bond donors (Lipinski definition) is 0. The Morgan fingerprint density at radius 3 is 1.04 bits per heavy atom. The molecule has 0 aromatic rings. The second-order valence-corrected chi connectivity index (χ2v) is 4.32. The molecule has 0 aliphatic carbocycles. The van der Waals surface area contributed by atoms with Crippen molar-refractivity contribution in [1.82, 2.24) is 0 Å². The maximum Gasteiger partial charge on any atom is 0.460 e. The van der Waals surface area contributed by atoms with E-state index < -0.39 is 47.7 Å². The average Bonchev–Trinajstić information content (AvgIpc) is 2.41. The van der Waals surface area contributed by atoms with Crippen LogP contribution in [0, 0.1) is 0 Å². The summed E-state index contributed by atoms with van der Waals surface area (Å²) in [4.78, 5) is 11.5. The molecule has 2 nitrogen and oxygen atoms in total. The van der Waals surface area contributed by atoms with Crippen LogP contribution in [0.25, 0.3) is 0 Å². The van der Waals surface area contributed by atoms with Gasteiger partial charge in [0.05, 0.1) is 0 Å². The summed E-state index contributed by atoms with van der Waals surface area (Å²) in [6, 6.07) is 0. The fourth-order valence-electron chi connectivity index (χ4n) is 1.29. The zero-order chi connectivity index (χ0) is 21.8. The average molecular weight is 432 g/mol. The maximum atomic E-state index is 13.5. The molecule has 0 rings (SSSR count). The Morgan fingerprint density at radius 2 is 0.808 bits per heavy atom. The van der Waals surface area contributed by atoms with E-state index in [-0.39, 0.29) is 0 Å². The summed E-state index contributed by atoms with van der Waals surface area (Å²) in [5.41, 5.74) is -8.06. The van der Waals surface area contributed by atoms with Gasteiger partial charge in [-0.05, 0) is 0 Å². The molecule has 0 aliphatic heterocycles. The molecular weight excluding hydrogens is 432 g/mol. The van der Waals surface area contributed by atoms with Crippen LogP contribution in [-0.2, 0) is 9.74 Å². The van der Waals surface area contributed by atoms with Gasteiger partial charge in [0.2, 0.25) is 0 Å². The second kappa shape index (κ2) is 5.93. The Bertz CT molecular complexity index is 543. The van der Waals surface area contributed by atoms with Crippen LogP contribution in [-0.4, -0.2) is 47.7 Å². The van der Waals surface area contributed by atoms with E-state index in [0.717, 1.165) is 0 Å². The smallest absolute Gasteiger partial charge is 0.251 e. The summed E-state index contributed by atoms with van der Waals surface area (Å²) in [5.74, 6) is -38.1. The molecule has 0 fully saturated rings. The molecular formula is C8F16O2. The van der Waals surface area contributed by atoms with Crippen LogP contribution >= 0.6 is 0 Å². The van der Waals surface area contributed by atoms with E-state index in [1.54, 1.807) is 0 Å². The molecule has 26 heavy (non-hydrogen) atoms. The number of hydrogen-bond acceptors (Lipinski definition) is 2. The Kier molecular flexibility index (Phi) is 5.55. The third-order valence-electron chi connectivity index (χ3n) is 2.72. The summed E-state index contributed by atoms with van der Waals surface area (Å²) in [5, 5.41) is 0. The van der Waals surface area contributed by atoms with Crippen molar-refractivity contribution in [2.24, 2.45) is 0 Å². The molecule has 0 saturated carbocycles. The van der Waals surface area contributed by atoms with Gasteiger partial charge in [-0.2, -0.15) is 61.5 Å². The largest absolute Gasteiger partial charge is 0.460 e. The molecule has 0 spiro atoms. The second-order valence-electron chi connectivity index (χ2n) is 4.32. The van der Waals surface area contributed by atoms with Gasteiger partial charge < -0.3 is 0 Å². The minimum absolute atomic E-state index is 1.24. The summed E-state index contributed by atoms with van der Waals surface area (Å²) >= 11 is 0. The van der Waals surface area contributed by atoms with Gasteiger partial charge in [-0.25, -0.2) is 9.18 Å². The summed E-state index contributed by atoms with van der Waals surface area (Å²) in [7, 11) is 0. The zero-order valence-corrected chi connectivity index (χ0v) is 10.9. The van der Waals surface area contributed by atoms with Crippen LogP contribution in [0.2, 0.25) is 0 Å². The van der Waals surface area contributed by atoms with Crippen LogP contribution in [0.4, 0.5) is 70.4 Å². The van der Waals surface area contributed by atoms with Crippen molar-refractivity contribution in [2.45, 2.75) is 41.7 Å². The first-order valence-electron chi connectivity index (χ1n) is 5.15. The minimum Gasteiger partial charge on any atom is -0.251 e. The Hall–Kier alpha value is -1.65. The molecule has 0 heterocycles. The van der Waals surface area contributed by atoms with Gasteiger partial charge >= 0.3 is 47.7 Å². The Labute approximate surface area is 129 Å². The molecule has 0 aromatic carbocycles. The highest BCUT2D eigenvalue weighted by atomic mass is 19.4. The number of carbonyl (C=O) groups is 1. The highest BCUT2D eigenvalue weighted by Gasteiger charge is 2.95. The topological polar surface area (TPSA) is 26.3 Å². The Morgan fingerprint density at radius 1 is 0.500 bits per heavy atom. The zero-order valence-electron chi connectivity index (χ0n) is 10.9. The number of alkyl halides is 15. The van der Waals surface area contributed by atoms with Crippen LogP contribution in [0.15, 0.2) is 0 Å². The first-order valence-corrected chi connectivity index (χ1v) is 5.15. The van der Waals surface area contributed by atoms with Crippen molar-refractivity contribution in [3.05, 3.63) is 0 Å². The number of rotatable bonds is 5. The lowest BCUT2D eigenvalue weighted by molar-refractivity contribution is -0.435. The molecule has 0 saturated heterocycles. The third kappa shape index (κ3) is 2.80. The molecule has 0 radical (unpaired) electrons. The quantitative estimate of drug-likeness (QED) is 0.585. The van der Waals surface area contributed by atoms with Crippen molar-refractivity contribution in [2.75, 3.05) is 0 Å². The molecule has 1 unspecified atom stereocenters. The van der Waals surface area contributed by atoms with E-state index in [4.69, 9.17) is 0 Å². The van der Waals surface area contributed by atoms with Crippen molar-refractivity contribution in [3.63, 3.8) is 0 Å². The van der Waals surface area contributed by atoms with E-state index in [9.17, 15) is 75.2 Å². The van der Waals surface area contributed by atoms with E-state index in [1.165, 1.54) is 4.94 Å². The highest BCUT2D eigenvalue weighted by molar-refractivity contribution is 5.82. The lowest BCUT2D eigenvalue weighted by Gasteiger charge is -2.41. The molecule has 18 heteroatoms. The lowest BCUT2D eigenvalue weighted by Crippen LogP contribution is -2.76. The van der Waals surface area contributed by atoms with Gasteiger partial charge in [-0.1, -0.05) is 0 Å². The monoisotopic (exact) mass is 432 g/mol. The summed E-state index contributed by atoms with van der Waals surface area (Å²) < 4.78 is 199. The molecule has 156 valence electrons. The van der Waals surface area contributed by atoms with Crippen molar-refractivity contribution in [3.8, 4) is 0 Å². The van der Waals surface area contributed by atoms with Crippen molar-refractivity contribution in [1.29, 1.82) is 0 Å². The van der Waals surface area contributed by atoms with Crippen LogP contribution in [0.3, 0.4) is 0 Å². The van der Waals surface area contributed by atoms with E-state index in [0.29, 0.717) is 0 Å². The SMILES string of the molecule is O=C(OF)C(F)(C(F)(F)C(F)(F)F)C(F)(F)C(F)(F)C(F)(F)C(F)(F)F. The van der Waals surface area contributed by atoms with Crippen molar-refractivity contribution >= 4 is 5.97 Å². The fourth-order valence-corrected chi connectivity index (χ4v) is 1.29. The number of carbonyl (C=O) groups excluding carboxylic acids is 1. The van der Waals surface area contributed by atoms with Crippen molar-refractivity contribution < 1.29 is 80.1 Å². The van der Waals surface area contributed by atoms with Gasteiger partial charge in [0, 0.05) is 4.53 Å². The van der Waals surface area contributed by atoms with Gasteiger partial charge in [-0.3, -0.25) is 4.94 Å². The standard InChI is InChI=1S/C8F16O2/c9-2(1(25)26-24,4(12,13)7(18,19)20)3(10,11)5(14,15)6(16,17)8(21,22)23. The van der Waals surface area contributed by atoms with Crippen LogP contribution in [0.1, 0.15) is 0 Å². The summed E-state index contributed by atoms with van der Waals surface area (Å²) in [6.45, 7) is 0. The van der Waals surface area contributed by atoms with Gasteiger partial charge in [-0.15, -0.1) is 0 Å². The van der Waals surface area contributed by atoms with E-state index in [2.05, 4.69) is 0 Å². The molecule has 0 aliphatic rings. The molecule has 1 atom stereocenters. The first kappa shape index (κ1) is 24.3.